The SMILES string of the molecule is COc1ccccc1C1CC(c2nc(-c3ccc(C)nn3)no2)NN1. The number of nitrogens with one attached hydrogen (secondary N) is 2. The van der Waals surface area contributed by atoms with Gasteiger partial charge in [0, 0.05) is 5.56 Å². The molecule has 0 saturated carbocycles. The first kappa shape index (κ1) is 15.7. The molecular weight excluding hydrogens is 320 g/mol. The minimum atomic E-state index is -0.0884. The molecule has 3 aromatic rings. The minimum Gasteiger partial charge on any atom is -0.496 e. The first-order valence-electron chi connectivity index (χ1n) is 8.03. The predicted octanol–water partition coefficient (Wildman–Crippen LogP) is 2.12. The Morgan fingerprint density at radius 3 is 2.72 bits per heavy atom. The lowest BCUT2D eigenvalue weighted by molar-refractivity contribution is 0.340. The fourth-order valence-electron chi connectivity index (χ4n) is 2.88. The van der Waals surface area contributed by atoms with Gasteiger partial charge in [-0.15, -0.1) is 5.10 Å². The van der Waals surface area contributed by atoms with Crippen molar-refractivity contribution < 1.29 is 9.26 Å². The summed E-state index contributed by atoms with van der Waals surface area (Å²) >= 11 is 0. The number of nitrogens with zero attached hydrogens (tertiary/aromatic N) is 4. The van der Waals surface area contributed by atoms with Gasteiger partial charge in [0.15, 0.2) is 0 Å². The van der Waals surface area contributed by atoms with Crippen molar-refractivity contribution in [2.75, 3.05) is 7.11 Å². The van der Waals surface area contributed by atoms with Crippen LogP contribution in [-0.4, -0.2) is 27.4 Å². The smallest absolute Gasteiger partial charge is 0.245 e. The van der Waals surface area contributed by atoms with Gasteiger partial charge < -0.3 is 9.26 Å². The van der Waals surface area contributed by atoms with Gasteiger partial charge in [-0.05, 0) is 31.5 Å². The molecule has 2 N–H and O–H groups in total. The Kier molecular flexibility index (Phi) is 4.12. The topological polar surface area (TPSA) is 98.0 Å². The molecule has 25 heavy (non-hydrogen) atoms. The molecule has 4 rings (SSSR count). The largest absolute Gasteiger partial charge is 0.496 e. The third kappa shape index (κ3) is 3.09. The molecule has 2 aromatic heterocycles. The third-order valence-corrected chi connectivity index (χ3v) is 4.18. The molecule has 1 aromatic carbocycles. The van der Waals surface area contributed by atoms with Crippen molar-refractivity contribution in [2.24, 2.45) is 0 Å². The maximum atomic E-state index is 5.44. The summed E-state index contributed by atoms with van der Waals surface area (Å²) in [5.41, 5.74) is 8.99. The van der Waals surface area contributed by atoms with Crippen LogP contribution in [0, 0.1) is 6.92 Å². The Morgan fingerprint density at radius 2 is 1.92 bits per heavy atom. The van der Waals surface area contributed by atoms with Crippen LogP contribution < -0.4 is 15.6 Å². The average molecular weight is 338 g/mol. The van der Waals surface area contributed by atoms with Crippen molar-refractivity contribution in [1.82, 2.24) is 31.2 Å². The van der Waals surface area contributed by atoms with Gasteiger partial charge in [0.2, 0.25) is 11.7 Å². The van der Waals surface area contributed by atoms with E-state index in [2.05, 4.69) is 31.2 Å². The summed E-state index contributed by atoms with van der Waals surface area (Å²) < 4.78 is 10.8. The van der Waals surface area contributed by atoms with Gasteiger partial charge in [-0.25, -0.2) is 10.9 Å². The second-order valence-corrected chi connectivity index (χ2v) is 5.89. The highest BCUT2D eigenvalue weighted by molar-refractivity contribution is 5.46. The summed E-state index contributed by atoms with van der Waals surface area (Å²) in [6.07, 6.45) is 0.765. The zero-order valence-electron chi connectivity index (χ0n) is 13.9. The summed E-state index contributed by atoms with van der Waals surface area (Å²) in [7, 11) is 1.67. The van der Waals surface area contributed by atoms with Crippen LogP contribution in [0.15, 0.2) is 40.9 Å². The molecule has 0 spiro atoms. The van der Waals surface area contributed by atoms with Crippen molar-refractivity contribution >= 4 is 0 Å². The number of para-hydroxylation sites is 1. The second kappa shape index (κ2) is 6.58. The van der Waals surface area contributed by atoms with E-state index in [1.807, 2.05) is 43.3 Å². The molecular formula is C17H18N6O2. The van der Waals surface area contributed by atoms with E-state index in [9.17, 15) is 0 Å². The van der Waals surface area contributed by atoms with Gasteiger partial charge in [0.25, 0.3) is 0 Å². The number of benzene rings is 1. The van der Waals surface area contributed by atoms with Gasteiger partial charge in [0.1, 0.15) is 17.5 Å². The zero-order chi connectivity index (χ0) is 17.2. The lowest BCUT2D eigenvalue weighted by Gasteiger charge is -2.13. The van der Waals surface area contributed by atoms with E-state index in [1.54, 1.807) is 7.11 Å². The summed E-state index contributed by atoms with van der Waals surface area (Å²) in [6.45, 7) is 1.88. The molecule has 0 amide bonds. The second-order valence-electron chi connectivity index (χ2n) is 5.89. The number of aryl methyl sites for hydroxylation is 1. The molecule has 1 aliphatic heterocycles. The molecule has 2 atom stereocenters. The number of hydrazine groups is 1. The van der Waals surface area contributed by atoms with Gasteiger partial charge in [-0.2, -0.15) is 10.1 Å². The number of hydrogen-bond acceptors (Lipinski definition) is 8. The molecule has 8 nitrogen and oxygen atoms in total. The first-order chi connectivity index (χ1) is 12.2. The van der Waals surface area contributed by atoms with E-state index in [1.165, 1.54) is 0 Å². The van der Waals surface area contributed by atoms with Crippen molar-refractivity contribution in [2.45, 2.75) is 25.4 Å². The molecule has 3 heterocycles. The van der Waals surface area contributed by atoms with Crippen LogP contribution in [0.3, 0.4) is 0 Å². The monoisotopic (exact) mass is 338 g/mol. The molecule has 0 bridgehead atoms. The predicted molar refractivity (Wildman–Crippen MR) is 89.4 cm³/mol. The number of aromatic nitrogens is 4. The molecule has 1 aliphatic rings. The Balaban J connectivity index is 1.51. The molecule has 2 unspecified atom stereocenters. The lowest BCUT2D eigenvalue weighted by Crippen LogP contribution is -2.27. The Morgan fingerprint density at radius 1 is 1.08 bits per heavy atom. The van der Waals surface area contributed by atoms with Crippen LogP contribution in [0.2, 0.25) is 0 Å². The lowest BCUT2D eigenvalue weighted by atomic mass is 10.0. The van der Waals surface area contributed by atoms with Crippen molar-refractivity contribution in [3.8, 4) is 17.3 Å². The van der Waals surface area contributed by atoms with Gasteiger partial charge in [-0.1, -0.05) is 23.4 Å². The Bertz CT molecular complexity index is 864. The fourth-order valence-corrected chi connectivity index (χ4v) is 2.88. The maximum Gasteiger partial charge on any atom is 0.245 e. The van der Waals surface area contributed by atoms with Gasteiger partial charge in [-0.3, -0.25) is 0 Å². The standard InChI is InChI=1S/C17H18N6O2/c1-10-7-8-12(20-19-10)16-18-17(25-23-16)14-9-13(21-22-14)11-5-3-4-6-15(11)24-2/h3-8,13-14,21-22H,9H2,1-2H3. The van der Waals surface area contributed by atoms with Crippen molar-refractivity contribution in [1.29, 1.82) is 0 Å². The van der Waals surface area contributed by atoms with Crippen LogP contribution in [0.4, 0.5) is 0 Å². The molecule has 0 radical (unpaired) electrons. The highest BCUT2D eigenvalue weighted by Gasteiger charge is 2.31. The first-order valence-corrected chi connectivity index (χ1v) is 8.03. The third-order valence-electron chi connectivity index (χ3n) is 4.18. The van der Waals surface area contributed by atoms with Gasteiger partial charge >= 0.3 is 0 Å². The van der Waals surface area contributed by atoms with Crippen LogP contribution in [0.5, 0.6) is 5.75 Å². The summed E-state index contributed by atoms with van der Waals surface area (Å²) in [4.78, 5) is 4.45. The Labute approximate surface area is 144 Å². The average Bonchev–Trinajstić information content (AvgIpc) is 3.32. The number of rotatable bonds is 4. The van der Waals surface area contributed by atoms with E-state index in [-0.39, 0.29) is 12.1 Å². The minimum absolute atomic E-state index is 0.0884. The number of hydrogen-bond donors (Lipinski definition) is 2. The van der Waals surface area contributed by atoms with E-state index < -0.39 is 0 Å². The van der Waals surface area contributed by atoms with Crippen LogP contribution in [-0.2, 0) is 0 Å². The van der Waals surface area contributed by atoms with Crippen molar-refractivity contribution in [3.63, 3.8) is 0 Å². The molecule has 1 saturated heterocycles. The molecule has 0 aliphatic carbocycles. The Hall–Kier alpha value is -2.84. The van der Waals surface area contributed by atoms with E-state index in [4.69, 9.17) is 9.26 Å². The summed E-state index contributed by atoms with van der Waals surface area (Å²) in [5, 5.41) is 12.1. The van der Waals surface area contributed by atoms with E-state index in [0.29, 0.717) is 17.4 Å². The van der Waals surface area contributed by atoms with Crippen LogP contribution in [0.25, 0.3) is 11.5 Å². The number of methoxy groups -OCH3 is 1. The van der Waals surface area contributed by atoms with Crippen molar-refractivity contribution in [3.05, 3.63) is 53.5 Å². The quantitative estimate of drug-likeness (QED) is 0.746. The highest BCUT2D eigenvalue weighted by atomic mass is 16.5. The highest BCUT2D eigenvalue weighted by Crippen LogP contribution is 2.34. The summed E-state index contributed by atoms with van der Waals surface area (Å²) in [5.74, 6) is 1.80. The molecule has 1 fully saturated rings. The molecule has 128 valence electrons. The fraction of sp³-hybridized carbons (Fsp3) is 0.294. The van der Waals surface area contributed by atoms with Gasteiger partial charge in [0.05, 0.1) is 18.8 Å². The summed E-state index contributed by atoms with van der Waals surface area (Å²) in [6, 6.07) is 11.6. The number of ether oxygens (including phenoxy) is 1. The van der Waals surface area contributed by atoms with Crippen LogP contribution in [0.1, 0.15) is 35.7 Å². The normalized spacial score (nSPS) is 19.9. The van der Waals surface area contributed by atoms with E-state index in [0.717, 1.165) is 23.4 Å². The van der Waals surface area contributed by atoms with Crippen LogP contribution >= 0.6 is 0 Å². The zero-order valence-corrected chi connectivity index (χ0v) is 13.9. The maximum absolute atomic E-state index is 5.44. The molecule has 8 heteroatoms. The van der Waals surface area contributed by atoms with E-state index >= 15 is 0 Å².